The molecular weight excluding hydrogens is 395 g/mol. The van der Waals surface area contributed by atoms with Crippen molar-refractivity contribution in [2.24, 2.45) is 0 Å². The van der Waals surface area contributed by atoms with Crippen LogP contribution in [0, 0.1) is 0 Å². The highest BCUT2D eigenvalue weighted by Crippen LogP contribution is 2.25. The van der Waals surface area contributed by atoms with Crippen molar-refractivity contribution in [3.8, 4) is 0 Å². The number of rotatable bonds is 5. The first-order valence-electron chi connectivity index (χ1n) is 8.24. The molecule has 1 fully saturated rings. The Morgan fingerprint density at radius 3 is 2.31 bits per heavy atom. The van der Waals surface area contributed by atoms with E-state index in [1.165, 1.54) is 42.5 Å². The van der Waals surface area contributed by atoms with Gasteiger partial charge in [0.05, 0.1) is 15.5 Å². The Balaban J connectivity index is 1.80. The summed E-state index contributed by atoms with van der Waals surface area (Å²) in [4.78, 5) is 12.5. The Kier molecular flexibility index (Phi) is 5.75. The van der Waals surface area contributed by atoms with E-state index in [0.717, 1.165) is 25.7 Å². The molecule has 2 aromatic rings. The van der Waals surface area contributed by atoms with Gasteiger partial charge in [-0.2, -0.15) is 0 Å². The molecule has 5 nitrogen and oxygen atoms in total. The van der Waals surface area contributed by atoms with Crippen molar-refractivity contribution in [3.63, 3.8) is 0 Å². The lowest BCUT2D eigenvalue weighted by Gasteiger charge is -2.14. The maximum absolute atomic E-state index is 12.5. The fraction of sp³-hybridized carbons (Fsp3) is 0.278. The maximum atomic E-state index is 12.5. The van der Waals surface area contributed by atoms with Crippen molar-refractivity contribution in [3.05, 3.63) is 58.1 Å². The van der Waals surface area contributed by atoms with Gasteiger partial charge in [-0.1, -0.05) is 36.0 Å². The first-order valence-corrected chi connectivity index (χ1v) is 10.5. The van der Waals surface area contributed by atoms with Crippen molar-refractivity contribution in [1.82, 2.24) is 5.32 Å². The number of carbonyl (C=O) groups excluding carboxylic acids is 1. The Bertz CT molecular complexity index is 909. The molecular formula is C18H18Cl2N2O3S. The first kappa shape index (κ1) is 19.0. The highest BCUT2D eigenvalue weighted by molar-refractivity contribution is 7.92. The molecule has 0 saturated heterocycles. The van der Waals surface area contributed by atoms with E-state index in [-0.39, 0.29) is 33.1 Å². The van der Waals surface area contributed by atoms with Gasteiger partial charge in [0, 0.05) is 16.8 Å². The minimum Gasteiger partial charge on any atom is -0.349 e. The predicted octanol–water partition coefficient (Wildman–Crippen LogP) is 4.47. The number of carbonyl (C=O) groups is 1. The third-order valence-corrected chi connectivity index (χ3v) is 6.26. The molecule has 3 rings (SSSR count). The van der Waals surface area contributed by atoms with Gasteiger partial charge in [0.25, 0.3) is 15.9 Å². The van der Waals surface area contributed by atoms with Crippen LogP contribution in [0.1, 0.15) is 36.0 Å². The van der Waals surface area contributed by atoms with Crippen LogP contribution in [0.4, 0.5) is 5.69 Å². The van der Waals surface area contributed by atoms with Gasteiger partial charge in [-0.25, -0.2) is 8.42 Å². The minimum absolute atomic E-state index is 0.0776. The van der Waals surface area contributed by atoms with Crippen LogP contribution in [0.25, 0.3) is 0 Å². The highest BCUT2D eigenvalue weighted by Gasteiger charge is 2.21. The molecule has 0 atom stereocenters. The van der Waals surface area contributed by atoms with Crippen LogP contribution >= 0.6 is 23.2 Å². The largest absolute Gasteiger partial charge is 0.349 e. The van der Waals surface area contributed by atoms with Gasteiger partial charge in [0.1, 0.15) is 0 Å². The molecule has 1 aliphatic rings. The van der Waals surface area contributed by atoms with Crippen molar-refractivity contribution in [1.29, 1.82) is 0 Å². The molecule has 8 heteroatoms. The van der Waals surface area contributed by atoms with Crippen LogP contribution in [-0.4, -0.2) is 20.4 Å². The smallest absolute Gasteiger partial charge is 0.261 e. The molecule has 0 unspecified atom stereocenters. The van der Waals surface area contributed by atoms with E-state index in [0.29, 0.717) is 5.02 Å². The van der Waals surface area contributed by atoms with Gasteiger partial charge in [-0.3, -0.25) is 9.52 Å². The molecule has 0 heterocycles. The van der Waals surface area contributed by atoms with Crippen molar-refractivity contribution in [2.75, 3.05) is 4.72 Å². The van der Waals surface area contributed by atoms with Gasteiger partial charge in [-0.15, -0.1) is 0 Å². The molecule has 0 bridgehead atoms. The Morgan fingerprint density at radius 2 is 1.65 bits per heavy atom. The Hall–Kier alpha value is -1.76. The number of hydrogen-bond acceptors (Lipinski definition) is 3. The lowest BCUT2D eigenvalue weighted by Crippen LogP contribution is -2.32. The second-order valence-corrected chi connectivity index (χ2v) is 8.73. The van der Waals surface area contributed by atoms with Crippen LogP contribution in [-0.2, 0) is 10.0 Å². The van der Waals surface area contributed by atoms with Crippen LogP contribution in [0.3, 0.4) is 0 Å². The monoisotopic (exact) mass is 412 g/mol. The quantitative estimate of drug-likeness (QED) is 0.760. The fourth-order valence-corrected chi connectivity index (χ4v) is 4.30. The zero-order chi connectivity index (χ0) is 18.7. The van der Waals surface area contributed by atoms with E-state index < -0.39 is 10.0 Å². The predicted molar refractivity (Wildman–Crippen MR) is 103 cm³/mol. The molecule has 2 N–H and O–H groups in total. The SMILES string of the molecule is O=C(NC1CCCC1)c1cc(NS(=O)(=O)c2ccc(Cl)cc2)ccc1Cl. The summed E-state index contributed by atoms with van der Waals surface area (Å²) in [5.74, 6) is -0.297. The van der Waals surface area contributed by atoms with Gasteiger partial charge >= 0.3 is 0 Å². The number of sulfonamides is 1. The molecule has 0 aromatic heterocycles. The summed E-state index contributed by atoms with van der Waals surface area (Å²) >= 11 is 11.9. The summed E-state index contributed by atoms with van der Waals surface area (Å²) in [6.45, 7) is 0. The summed E-state index contributed by atoms with van der Waals surface area (Å²) in [6.07, 6.45) is 4.09. The molecule has 0 spiro atoms. The van der Waals surface area contributed by atoms with E-state index >= 15 is 0 Å². The second kappa shape index (κ2) is 7.86. The van der Waals surface area contributed by atoms with E-state index in [1.54, 1.807) is 0 Å². The number of amides is 1. The average molecular weight is 413 g/mol. The van der Waals surface area contributed by atoms with E-state index in [9.17, 15) is 13.2 Å². The molecule has 1 aliphatic carbocycles. The van der Waals surface area contributed by atoms with E-state index in [4.69, 9.17) is 23.2 Å². The second-order valence-electron chi connectivity index (χ2n) is 6.21. The summed E-state index contributed by atoms with van der Waals surface area (Å²) in [6, 6.07) is 10.4. The van der Waals surface area contributed by atoms with Crippen LogP contribution in [0.15, 0.2) is 47.4 Å². The third-order valence-electron chi connectivity index (χ3n) is 4.28. The average Bonchev–Trinajstić information content (AvgIpc) is 3.09. The minimum atomic E-state index is -3.79. The number of benzene rings is 2. The lowest BCUT2D eigenvalue weighted by atomic mass is 10.1. The van der Waals surface area contributed by atoms with Gasteiger partial charge in [0.2, 0.25) is 0 Å². The van der Waals surface area contributed by atoms with Gasteiger partial charge < -0.3 is 5.32 Å². The summed E-state index contributed by atoms with van der Waals surface area (Å²) in [5.41, 5.74) is 0.510. The number of halogens is 2. The Labute approximate surface area is 162 Å². The van der Waals surface area contributed by atoms with Crippen molar-refractivity contribution < 1.29 is 13.2 Å². The maximum Gasteiger partial charge on any atom is 0.261 e. The summed E-state index contributed by atoms with van der Waals surface area (Å²) < 4.78 is 27.4. The molecule has 138 valence electrons. The van der Waals surface area contributed by atoms with Crippen LogP contribution in [0.2, 0.25) is 10.0 Å². The van der Waals surface area contributed by atoms with E-state index in [2.05, 4.69) is 10.0 Å². The lowest BCUT2D eigenvalue weighted by molar-refractivity contribution is 0.0938. The summed E-state index contributed by atoms with van der Waals surface area (Å²) in [7, 11) is -3.79. The zero-order valence-corrected chi connectivity index (χ0v) is 16.2. The number of nitrogens with one attached hydrogen (secondary N) is 2. The number of hydrogen-bond donors (Lipinski definition) is 2. The molecule has 1 saturated carbocycles. The fourth-order valence-electron chi connectivity index (χ4n) is 2.92. The van der Waals surface area contributed by atoms with Gasteiger partial charge in [-0.05, 0) is 55.3 Å². The molecule has 0 aliphatic heterocycles. The van der Waals surface area contributed by atoms with E-state index in [1.807, 2.05) is 0 Å². The third kappa shape index (κ3) is 4.50. The van der Waals surface area contributed by atoms with Crippen LogP contribution < -0.4 is 10.0 Å². The first-order chi connectivity index (χ1) is 12.3. The molecule has 1 amide bonds. The zero-order valence-electron chi connectivity index (χ0n) is 13.8. The normalized spacial score (nSPS) is 15.0. The molecule has 26 heavy (non-hydrogen) atoms. The highest BCUT2D eigenvalue weighted by atomic mass is 35.5. The topological polar surface area (TPSA) is 75.3 Å². The summed E-state index contributed by atoms with van der Waals surface area (Å²) in [5, 5.41) is 3.67. The van der Waals surface area contributed by atoms with Crippen molar-refractivity contribution >= 4 is 44.8 Å². The number of anilines is 1. The van der Waals surface area contributed by atoms with Gasteiger partial charge in [0.15, 0.2) is 0 Å². The Morgan fingerprint density at radius 1 is 1.00 bits per heavy atom. The molecule has 2 aromatic carbocycles. The van der Waals surface area contributed by atoms with Crippen LogP contribution in [0.5, 0.6) is 0 Å². The standard InChI is InChI=1S/C18H18Cl2N2O3S/c19-12-5-8-15(9-6-12)26(24,25)22-14-7-10-17(20)16(11-14)18(23)21-13-3-1-2-4-13/h5-11,13,22H,1-4H2,(H,21,23). The van der Waals surface area contributed by atoms with Crippen molar-refractivity contribution in [2.45, 2.75) is 36.6 Å². The molecule has 0 radical (unpaired) electrons.